The molecule has 0 aliphatic carbocycles. The van der Waals surface area contributed by atoms with Crippen LogP contribution in [0.3, 0.4) is 0 Å². The molecule has 0 aliphatic rings. The Hall–Kier alpha value is -1.46. The minimum atomic E-state index is 0.175. The van der Waals surface area contributed by atoms with Crippen LogP contribution < -0.4 is 11.1 Å². The molecule has 0 bridgehead atoms. The molecule has 0 aliphatic heterocycles. The lowest BCUT2D eigenvalue weighted by atomic mass is 10.0. The average molecular weight is 262 g/mol. The van der Waals surface area contributed by atoms with Gasteiger partial charge in [0.1, 0.15) is 0 Å². The Morgan fingerprint density at radius 2 is 2.33 bits per heavy atom. The van der Waals surface area contributed by atoms with E-state index < -0.39 is 0 Å². The van der Waals surface area contributed by atoms with Gasteiger partial charge in [0.25, 0.3) is 0 Å². The quantitative estimate of drug-likeness (QED) is 0.868. The Morgan fingerprint density at radius 3 is 2.94 bits per heavy atom. The summed E-state index contributed by atoms with van der Waals surface area (Å²) < 4.78 is 0. The SMILES string of the molecule is CCNC(Cc1nc(C)cs1)c1cnccc1N. The van der Waals surface area contributed by atoms with E-state index in [4.69, 9.17) is 5.73 Å². The fourth-order valence-electron chi connectivity index (χ4n) is 1.92. The molecule has 0 spiro atoms. The van der Waals surface area contributed by atoms with Crippen LogP contribution in [0.2, 0.25) is 0 Å². The molecule has 2 aromatic rings. The molecule has 0 radical (unpaired) electrons. The zero-order valence-corrected chi connectivity index (χ0v) is 11.5. The second-order valence-corrected chi connectivity index (χ2v) is 5.14. The molecule has 2 aromatic heterocycles. The third-order valence-electron chi connectivity index (χ3n) is 2.76. The van der Waals surface area contributed by atoms with E-state index in [9.17, 15) is 0 Å². The Bertz CT molecular complexity index is 509. The Kier molecular flexibility index (Phi) is 4.28. The number of aromatic nitrogens is 2. The predicted molar refractivity (Wildman–Crippen MR) is 75.6 cm³/mol. The molecule has 0 aromatic carbocycles. The molecule has 4 nitrogen and oxygen atoms in total. The summed E-state index contributed by atoms with van der Waals surface area (Å²) in [7, 11) is 0. The normalized spacial score (nSPS) is 12.6. The minimum Gasteiger partial charge on any atom is -0.398 e. The number of anilines is 1. The molecule has 2 heterocycles. The molecule has 96 valence electrons. The van der Waals surface area contributed by atoms with Gasteiger partial charge in [0.2, 0.25) is 0 Å². The van der Waals surface area contributed by atoms with Crippen LogP contribution in [-0.4, -0.2) is 16.5 Å². The van der Waals surface area contributed by atoms with Crippen LogP contribution in [-0.2, 0) is 6.42 Å². The molecule has 0 fully saturated rings. The lowest BCUT2D eigenvalue weighted by Gasteiger charge is -2.18. The maximum atomic E-state index is 6.01. The highest BCUT2D eigenvalue weighted by atomic mass is 32.1. The zero-order chi connectivity index (χ0) is 13.0. The van der Waals surface area contributed by atoms with Crippen molar-refractivity contribution in [2.24, 2.45) is 0 Å². The highest BCUT2D eigenvalue weighted by molar-refractivity contribution is 7.09. The first-order valence-corrected chi connectivity index (χ1v) is 6.92. The summed E-state index contributed by atoms with van der Waals surface area (Å²) in [5.41, 5.74) is 8.92. The van der Waals surface area contributed by atoms with Gasteiger partial charge in [-0.2, -0.15) is 0 Å². The molecule has 1 atom stereocenters. The van der Waals surface area contributed by atoms with Crippen molar-refractivity contribution in [2.75, 3.05) is 12.3 Å². The number of rotatable bonds is 5. The van der Waals surface area contributed by atoms with Crippen LogP contribution in [0.25, 0.3) is 0 Å². The van der Waals surface area contributed by atoms with Crippen LogP contribution in [0.15, 0.2) is 23.8 Å². The fourth-order valence-corrected chi connectivity index (χ4v) is 2.74. The summed E-state index contributed by atoms with van der Waals surface area (Å²) in [6.07, 6.45) is 4.40. The third-order valence-corrected chi connectivity index (χ3v) is 3.75. The van der Waals surface area contributed by atoms with Crippen molar-refractivity contribution in [2.45, 2.75) is 26.3 Å². The zero-order valence-electron chi connectivity index (χ0n) is 10.7. The molecule has 0 saturated heterocycles. The van der Waals surface area contributed by atoms with Crippen LogP contribution in [0.5, 0.6) is 0 Å². The third kappa shape index (κ3) is 3.05. The van der Waals surface area contributed by atoms with Crippen molar-refractivity contribution >= 4 is 17.0 Å². The molecule has 3 N–H and O–H groups in total. The van der Waals surface area contributed by atoms with Gasteiger partial charge < -0.3 is 11.1 Å². The van der Waals surface area contributed by atoms with Gasteiger partial charge in [-0.3, -0.25) is 4.98 Å². The predicted octanol–water partition coefficient (Wildman–Crippen LogP) is 2.32. The lowest BCUT2D eigenvalue weighted by molar-refractivity contribution is 0.548. The summed E-state index contributed by atoms with van der Waals surface area (Å²) in [6, 6.07) is 2.02. The van der Waals surface area contributed by atoms with E-state index in [1.807, 2.05) is 19.2 Å². The van der Waals surface area contributed by atoms with Crippen molar-refractivity contribution in [1.29, 1.82) is 0 Å². The van der Waals surface area contributed by atoms with Gasteiger partial charge in [0.05, 0.1) is 5.01 Å². The molecule has 1 unspecified atom stereocenters. The molecular formula is C13H18N4S. The topological polar surface area (TPSA) is 63.8 Å². The van der Waals surface area contributed by atoms with Crippen molar-refractivity contribution < 1.29 is 0 Å². The second-order valence-electron chi connectivity index (χ2n) is 4.20. The van der Waals surface area contributed by atoms with E-state index in [1.165, 1.54) is 0 Å². The monoisotopic (exact) mass is 262 g/mol. The van der Waals surface area contributed by atoms with Crippen LogP contribution in [0, 0.1) is 6.92 Å². The molecule has 0 saturated carbocycles. The maximum absolute atomic E-state index is 6.01. The number of nitrogens with one attached hydrogen (secondary N) is 1. The maximum Gasteiger partial charge on any atom is 0.0947 e. The summed E-state index contributed by atoms with van der Waals surface area (Å²) in [5, 5.41) is 6.65. The minimum absolute atomic E-state index is 0.175. The Balaban J connectivity index is 2.20. The number of hydrogen-bond acceptors (Lipinski definition) is 5. The van der Waals surface area contributed by atoms with E-state index in [0.29, 0.717) is 0 Å². The van der Waals surface area contributed by atoms with Crippen molar-refractivity contribution in [1.82, 2.24) is 15.3 Å². The number of thiazole rings is 1. The molecule has 5 heteroatoms. The van der Waals surface area contributed by atoms with E-state index in [2.05, 4.69) is 27.6 Å². The van der Waals surface area contributed by atoms with E-state index in [0.717, 1.165) is 34.9 Å². The molecule has 2 rings (SSSR count). The number of nitrogen functional groups attached to an aromatic ring is 1. The summed E-state index contributed by atoms with van der Waals surface area (Å²) in [6.45, 7) is 5.00. The first kappa shape index (κ1) is 13.0. The Labute approximate surface area is 111 Å². The van der Waals surface area contributed by atoms with Crippen LogP contribution in [0.4, 0.5) is 5.69 Å². The van der Waals surface area contributed by atoms with Crippen molar-refractivity contribution in [3.63, 3.8) is 0 Å². The van der Waals surface area contributed by atoms with Gasteiger partial charge in [-0.15, -0.1) is 11.3 Å². The number of nitrogens with zero attached hydrogens (tertiary/aromatic N) is 2. The molecular weight excluding hydrogens is 244 g/mol. The van der Waals surface area contributed by atoms with Crippen LogP contribution >= 0.6 is 11.3 Å². The standard InChI is InChI=1S/C13H18N4S/c1-3-16-12(6-13-17-9(2)8-18-13)10-7-15-5-4-11(10)14/h4-5,7-8,12,16H,3,6H2,1-2H3,(H2,14,15). The van der Waals surface area contributed by atoms with E-state index in [1.54, 1.807) is 17.5 Å². The van der Waals surface area contributed by atoms with Gasteiger partial charge in [-0.05, 0) is 19.5 Å². The molecule has 0 amide bonds. The first-order chi connectivity index (χ1) is 8.70. The van der Waals surface area contributed by atoms with Crippen LogP contribution in [0.1, 0.15) is 29.2 Å². The van der Waals surface area contributed by atoms with E-state index in [-0.39, 0.29) is 6.04 Å². The average Bonchev–Trinajstić information content (AvgIpc) is 2.75. The Morgan fingerprint density at radius 1 is 1.50 bits per heavy atom. The lowest BCUT2D eigenvalue weighted by Crippen LogP contribution is -2.24. The largest absolute Gasteiger partial charge is 0.398 e. The number of nitrogens with two attached hydrogens (primary N) is 1. The summed E-state index contributed by atoms with van der Waals surface area (Å²) >= 11 is 1.69. The highest BCUT2D eigenvalue weighted by Gasteiger charge is 2.15. The first-order valence-electron chi connectivity index (χ1n) is 6.04. The number of pyridine rings is 1. The summed E-state index contributed by atoms with van der Waals surface area (Å²) in [4.78, 5) is 8.66. The van der Waals surface area contributed by atoms with Gasteiger partial charge in [0.15, 0.2) is 0 Å². The van der Waals surface area contributed by atoms with Gasteiger partial charge in [0, 0.05) is 47.2 Å². The van der Waals surface area contributed by atoms with Crippen molar-refractivity contribution in [3.8, 4) is 0 Å². The van der Waals surface area contributed by atoms with Gasteiger partial charge >= 0.3 is 0 Å². The van der Waals surface area contributed by atoms with E-state index >= 15 is 0 Å². The number of hydrogen-bond donors (Lipinski definition) is 2. The number of aryl methyl sites for hydroxylation is 1. The van der Waals surface area contributed by atoms with Gasteiger partial charge in [-0.25, -0.2) is 4.98 Å². The van der Waals surface area contributed by atoms with Crippen molar-refractivity contribution in [3.05, 3.63) is 40.1 Å². The fraction of sp³-hybridized carbons (Fsp3) is 0.385. The molecule has 18 heavy (non-hydrogen) atoms. The number of likely N-dealkylation sites (N-methyl/N-ethyl adjacent to an activating group) is 1. The summed E-state index contributed by atoms with van der Waals surface area (Å²) in [5.74, 6) is 0. The van der Waals surface area contributed by atoms with Gasteiger partial charge in [-0.1, -0.05) is 6.92 Å². The smallest absolute Gasteiger partial charge is 0.0947 e. The highest BCUT2D eigenvalue weighted by Crippen LogP contribution is 2.24. The second kappa shape index (κ2) is 5.93.